The van der Waals surface area contributed by atoms with Crippen molar-refractivity contribution < 1.29 is 23.4 Å². The predicted octanol–water partition coefficient (Wildman–Crippen LogP) is 5.29. The van der Waals surface area contributed by atoms with Crippen LogP contribution in [0.3, 0.4) is 0 Å². The minimum absolute atomic E-state index is 0.0124. The van der Waals surface area contributed by atoms with Gasteiger partial charge in [-0.25, -0.2) is 23.1 Å². The number of fused-ring (bicyclic) bond motifs is 2. The second-order valence-corrected chi connectivity index (χ2v) is 12.0. The number of halogens is 3. The van der Waals surface area contributed by atoms with E-state index in [9.17, 15) is 19.1 Å². The predicted molar refractivity (Wildman–Crippen MR) is 166 cm³/mol. The molecule has 3 aromatic heterocycles. The van der Waals surface area contributed by atoms with E-state index >= 15 is 4.39 Å². The molecule has 6 rings (SSSR count). The van der Waals surface area contributed by atoms with E-state index < -0.39 is 28.6 Å². The number of amides is 1. The molecule has 10 nitrogen and oxygen atoms in total. The van der Waals surface area contributed by atoms with Crippen LogP contribution in [-0.4, -0.2) is 67.2 Å². The zero-order valence-electron chi connectivity index (χ0n) is 25.1. The summed E-state index contributed by atoms with van der Waals surface area (Å²) in [6, 6.07) is 3.00. The number of piperazine rings is 1. The number of carbonyl (C=O) groups is 1. The van der Waals surface area contributed by atoms with Crippen LogP contribution in [0.25, 0.3) is 28.0 Å². The molecule has 1 aromatic carbocycles. The van der Waals surface area contributed by atoms with Crippen molar-refractivity contribution in [3.8, 4) is 28.4 Å². The topological polar surface area (TPSA) is 114 Å². The van der Waals surface area contributed by atoms with E-state index in [1.165, 1.54) is 10.6 Å². The van der Waals surface area contributed by atoms with E-state index in [1.807, 2.05) is 32.6 Å². The van der Waals surface area contributed by atoms with Crippen LogP contribution in [0.1, 0.15) is 44.4 Å². The van der Waals surface area contributed by atoms with Crippen molar-refractivity contribution in [1.82, 2.24) is 24.4 Å². The smallest absolute Gasteiger partial charge is 0.355 e. The number of aryl methyl sites for hydroxylation is 1. The molecule has 234 valence electrons. The number of nitrogens with zero attached hydrogens (tertiary/aromatic N) is 6. The molecule has 0 saturated carbocycles. The molecule has 0 spiro atoms. The Bertz CT molecular complexity index is 1950. The molecule has 2 unspecified atom stereocenters. The first kappa shape index (κ1) is 30.4. The Morgan fingerprint density at radius 2 is 1.98 bits per heavy atom. The number of phenolic OH excluding ortho intramolecular Hbond substituents is 1. The van der Waals surface area contributed by atoms with Crippen LogP contribution in [0.5, 0.6) is 11.5 Å². The van der Waals surface area contributed by atoms with Crippen molar-refractivity contribution in [3.63, 3.8) is 0 Å². The number of pyridine rings is 2. The Kier molecular flexibility index (Phi) is 7.72. The maximum atomic E-state index is 15.3. The molecule has 4 aromatic rings. The fourth-order valence-electron chi connectivity index (χ4n) is 6.21. The second kappa shape index (κ2) is 11.4. The molecule has 13 heteroatoms. The maximum absolute atomic E-state index is 15.3. The van der Waals surface area contributed by atoms with Gasteiger partial charge >= 0.3 is 5.69 Å². The standard InChI is InChI=1S/C32H31ClF2N6O4/c1-6-21(43)39-14-18-10-12-45-29-23-30(40(18)13-17(39)5)38-32(44)41(28-16(4)9-11-36-26(28)15(2)3)31(23)37-27(24(29)33)22-20(42)8-7-19(34)25(22)35/h6-9,11,15,17-18,42H,1,10,12-14H2,2-5H3. The van der Waals surface area contributed by atoms with Crippen molar-refractivity contribution in [1.29, 1.82) is 0 Å². The van der Waals surface area contributed by atoms with Crippen LogP contribution in [0, 0.1) is 18.6 Å². The normalized spacial score (nSPS) is 18.0. The van der Waals surface area contributed by atoms with Crippen molar-refractivity contribution in [2.24, 2.45) is 0 Å². The lowest BCUT2D eigenvalue weighted by Gasteiger charge is -2.46. The van der Waals surface area contributed by atoms with E-state index in [4.69, 9.17) is 16.3 Å². The Balaban J connectivity index is 1.74. The Labute approximate surface area is 262 Å². The molecular formula is C32H31ClF2N6O4. The summed E-state index contributed by atoms with van der Waals surface area (Å²) in [6.07, 6.45) is 3.33. The highest BCUT2D eigenvalue weighted by Crippen LogP contribution is 2.47. The molecule has 45 heavy (non-hydrogen) atoms. The van der Waals surface area contributed by atoms with Crippen LogP contribution in [0.15, 0.2) is 41.8 Å². The Morgan fingerprint density at radius 1 is 1.22 bits per heavy atom. The highest BCUT2D eigenvalue weighted by molar-refractivity contribution is 6.36. The van der Waals surface area contributed by atoms with Gasteiger partial charge in [0.25, 0.3) is 0 Å². The number of benzene rings is 1. The molecule has 2 aliphatic heterocycles. The van der Waals surface area contributed by atoms with E-state index in [-0.39, 0.29) is 63.8 Å². The monoisotopic (exact) mass is 636 g/mol. The number of hydrogen-bond acceptors (Lipinski definition) is 8. The van der Waals surface area contributed by atoms with E-state index in [0.717, 1.165) is 12.1 Å². The van der Waals surface area contributed by atoms with Crippen LogP contribution >= 0.6 is 11.6 Å². The number of rotatable bonds is 4. The third kappa shape index (κ3) is 4.87. The van der Waals surface area contributed by atoms with Gasteiger partial charge in [-0.15, -0.1) is 0 Å². The molecule has 1 amide bonds. The number of anilines is 1. The van der Waals surface area contributed by atoms with Crippen molar-refractivity contribution >= 4 is 34.4 Å². The summed E-state index contributed by atoms with van der Waals surface area (Å²) >= 11 is 6.89. The fourth-order valence-corrected chi connectivity index (χ4v) is 6.49. The van der Waals surface area contributed by atoms with Crippen molar-refractivity contribution in [3.05, 3.63) is 75.4 Å². The van der Waals surface area contributed by atoms with Gasteiger partial charge in [-0.1, -0.05) is 32.0 Å². The lowest BCUT2D eigenvalue weighted by molar-refractivity contribution is -0.129. The van der Waals surface area contributed by atoms with Crippen LogP contribution in [-0.2, 0) is 4.79 Å². The third-order valence-corrected chi connectivity index (χ3v) is 8.76. The number of aromatic hydroxyl groups is 1. The second-order valence-electron chi connectivity index (χ2n) is 11.6. The molecular weight excluding hydrogens is 606 g/mol. The minimum atomic E-state index is -1.36. The molecule has 1 fully saturated rings. The van der Waals surface area contributed by atoms with Gasteiger partial charge in [-0.2, -0.15) is 4.98 Å². The van der Waals surface area contributed by atoms with Gasteiger partial charge in [0.15, 0.2) is 23.0 Å². The Morgan fingerprint density at radius 3 is 2.69 bits per heavy atom. The first-order valence-corrected chi connectivity index (χ1v) is 14.9. The highest BCUT2D eigenvalue weighted by Gasteiger charge is 2.39. The van der Waals surface area contributed by atoms with Crippen LogP contribution in [0.4, 0.5) is 14.6 Å². The van der Waals surface area contributed by atoms with Gasteiger partial charge < -0.3 is 19.6 Å². The number of carbonyl (C=O) groups excluding carboxylic acids is 1. The molecule has 2 atom stereocenters. The summed E-state index contributed by atoms with van der Waals surface area (Å²) in [7, 11) is 0. The average Bonchev–Trinajstić information content (AvgIpc) is 2.99. The molecule has 2 aliphatic rings. The van der Waals surface area contributed by atoms with Crippen LogP contribution < -0.4 is 15.3 Å². The quantitative estimate of drug-likeness (QED) is 0.301. The molecule has 0 bridgehead atoms. The molecule has 1 saturated heterocycles. The van der Waals surface area contributed by atoms with Crippen molar-refractivity contribution in [2.45, 2.75) is 52.1 Å². The molecule has 5 heterocycles. The molecule has 0 radical (unpaired) electrons. The summed E-state index contributed by atoms with van der Waals surface area (Å²) < 4.78 is 37.4. The van der Waals surface area contributed by atoms with E-state index in [0.29, 0.717) is 36.5 Å². The van der Waals surface area contributed by atoms with Gasteiger partial charge in [0.2, 0.25) is 5.91 Å². The average molecular weight is 637 g/mol. The maximum Gasteiger partial charge on any atom is 0.355 e. The summed E-state index contributed by atoms with van der Waals surface area (Å²) in [6.45, 7) is 12.0. The molecule has 1 N–H and O–H groups in total. The third-order valence-electron chi connectivity index (χ3n) is 8.41. The largest absolute Gasteiger partial charge is 0.507 e. The van der Waals surface area contributed by atoms with Gasteiger partial charge in [0.1, 0.15) is 27.7 Å². The zero-order chi connectivity index (χ0) is 32.3. The highest BCUT2D eigenvalue weighted by atomic mass is 35.5. The zero-order valence-corrected chi connectivity index (χ0v) is 25.9. The number of phenols is 1. The number of hydrogen-bond donors (Lipinski definition) is 1. The number of aromatic nitrogens is 4. The van der Waals surface area contributed by atoms with E-state index in [2.05, 4.69) is 21.5 Å². The first-order chi connectivity index (χ1) is 21.4. The minimum Gasteiger partial charge on any atom is -0.507 e. The van der Waals surface area contributed by atoms with Gasteiger partial charge in [0, 0.05) is 31.7 Å². The lowest BCUT2D eigenvalue weighted by atomic mass is 10.0. The number of ether oxygens (including phenoxy) is 1. The van der Waals surface area contributed by atoms with Crippen LogP contribution in [0.2, 0.25) is 5.02 Å². The summed E-state index contributed by atoms with van der Waals surface area (Å²) in [5.74, 6) is -3.21. The summed E-state index contributed by atoms with van der Waals surface area (Å²) in [4.78, 5) is 44.3. The molecule has 0 aliphatic carbocycles. The van der Waals surface area contributed by atoms with E-state index in [1.54, 1.807) is 17.2 Å². The summed E-state index contributed by atoms with van der Waals surface area (Å²) in [5.41, 5.74) is 0.155. The van der Waals surface area contributed by atoms with Crippen molar-refractivity contribution in [2.75, 3.05) is 24.6 Å². The SMILES string of the molecule is C=CC(=O)N1CC2CCOc3c(Cl)c(-c4c(O)ccc(F)c4F)nc4c3c(nc(=O)n4-c3c(C)ccnc3C(C)C)N2CC1C. The van der Waals surface area contributed by atoms with Gasteiger partial charge in [-0.3, -0.25) is 9.78 Å². The van der Waals surface area contributed by atoms with Gasteiger partial charge in [-0.05, 0) is 49.6 Å². The first-order valence-electron chi connectivity index (χ1n) is 14.6. The Hall–Kier alpha value is -4.58. The lowest BCUT2D eigenvalue weighted by Crippen LogP contribution is -2.60. The summed E-state index contributed by atoms with van der Waals surface area (Å²) in [5, 5.41) is 10.8. The fraction of sp³-hybridized carbons (Fsp3) is 0.344. The van der Waals surface area contributed by atoms with Gasteiger partial charge in [0.05, 0.1) is 29.6 Å².